The second kappa shape index (κ2) is 5.75. The third-order valence-corrected chi connectivity index (χ3v) is 1.96. The van der Waals surface area contributed by atoms with E-state index >= 15 is 0 Å². The van der Waals surface area contributed by atoms with Crippen LogP contribution in [0.2, 0.25) is 0 Å². The lowest BCUT2D eigenvalue weighted by Crippen LogP contribution is -2.04. The molecule has 0 heterocycles. The third kappa shape index (κ3) is 3.68. The number of nitriles is 1. The van der Waals surface area contributed by atoms with E-state index in [-0.39, 0.29) is 6.42 Å². The van der Waals surface area contributed by atoms with E-state index in [9.17, 15) is 18.9 Å². The number of rotatable bonds is 5. The summed E-state index contributed by atoms with van der Waals surface area (Å²) in [4.78, 5) is 9.85. The van der Waals surface area contributed by atoms with Crippen LogP contribution in [-0.2, 0) is 6.42 Å². The van der Waals surface area contributed by atoms with Gasteiger partial charge in [-0.2, -0.15) is 14.0 Å². The van der Waals surface area contributed by atoms with Gasteiger partial charge in [0.1, 0.15) is 0 Å². The average molecular weight is 242 g/mol. The Hall–Kier alpha value is -2.23. The summed E-state index contributed by atoms with van der Waals surface area (Å²) in [6.07, 6.45) is 0.526. The molecule has 0 fully saturated rings. The zero-order valence-electron chi connectivity index (χ0n) is 8.60. The van der Waals surface area contributed by atoms with Crippen molar-refractivity contribution < 1.29 is 18.4 Å². The minimum Gasteiger partial charge on any atom is -0.427 e. The minimum atomic E-state index is -3.11. The monoisotopic (exact) mass is 242 g/mol. The van der Waals surface area contributed by atoms with Crippen LogP contribution >= 0.6 is 0 Å². The Labute approximate surface area is 95.4 Å². The molecular formula is C10H8F2N2O3. The Morgan fingerprint density at radius 2 is 2.24 bits per heavy atom. The molecule has 0 unspecified atom stereocenters. The van der Waals surface area contributed by atoms with Gasteiger partial charge in [-0.15, -0.1) is 0 Å². The van der Waals surface area contributed by atoms with E-state index in [1.165, 1.54) is 6.07 Å². The number of nitro groups is 1. The molecule has 0 aliphatic heterocycles. The molecule has 5 nitrogen and oxygen atoms in total. The summed E-state index contributed by atoms with van der Waals surface area (Å²) in [5, 5.41) is 19.0. The molecule has 1 aromatic rings. The number of aryl methyl sites for hydroxylation is 1. The Kier molecular flexibility index (Phi) is 4.34. The van der Waals surface area contributed by atoms with Crippen LogP contribution in [0.15, 0.2) is 18.2 Å². The van der Waals surface area contributed by atoms with Gasteiger partial charge in [0.15, 0.2) is 0 Å². The summed E-state index contributed by atoms with van der Waals surface area (Å²) < 4.78 is 28.0. The van der Waals surface area contributed by atoms with Crippen LogP contribution in [0, 0.1) is 21.4 Å². The molecule has 0 aliphatic rings. The number of alkyl halides is 2. The number of ether oxygens (including phenoxy) is 1. The fraction of sp³-hybridized carbons (Fsp3) is 0.300. The number of nitro benzene ring substituents is 1. The summed E-state index contributed by atoms with van der Waals surface area (Å²) >= 11 is 0. The molecule has 0 N–H and O–H groups in total. The lowest BCUT2D eigenvalue weighted by atomic mass is 10.1. The summed E-state index contributed by atoms with van der Waals surface area (Å²) in [6, 6.07) is 5.55. The maximum atomic E-state index is 12.0. The maximum absolute atomic E-state index is 12.0. The van der Waals surface area contributed by atoms with Crippen molar-refractivity contribution in [3.05, 3.63) is 33.9 Å². The normalized spacial score (nSPS) is 10.0. The molecule has 0 radical (unpaired) electrons. The van der Waals surface area contributed by atoms with Crippen molar-refractivity contribution in [2.75, 3.05) is 0 Å². The zero-order chi connectivity index (χ0) is 12.8. The van der Waals surface area contributed by atoms with E-state index in [1.807, 2.05) is 6.07 Å². The molecule has 0 spiro atoms. The topological polar surface area (TPSA) is 76.2 Å². The van der Waals surface area contributed by atoms with Crippen molar-refractivity contribution in [1.82, 2.24) is 0 Å². The Morgan fingerprint density at radius 1 is 1.53 bits per heavy atom. The van der Waals surface area contributed by atoms with Crippen LogP contribution in [0.4, 0.5) is 14.5 Å². The first-order valence-electron chi connectivity index (χ1n) is 4.63. The third-order valence-electron chi connectivity index (χ3n) is 1.96. The average Bonchev–Trinajstić information content (AvgIpc) is 2.26. The van der Waals surface area contributed by atoms with Crippen LogP contribution < -0.4 is 4.74 Å². The molecule has 17 heavy (non-hydrogen) atoms. The summed E-state index contributed by atoms with van der Waals surface area (Å²) in [7, 11) is 0. The van der Waals surface area contributed by atoms with E-state index in [1.54, 1.807) is 0 Å². The molecule has 0 saturated carbocycles. The summed E-state index contributed by atoms with van der Waals surface area (Å²) in [5.41, 5.74) is 0.000561. The second-order valence-electron chi connectivity index (χ2n) is 3.10. The molecular weight excluding hydrogens is 234 g/mol. The molecule has 7 heteroatoms. The summed E-state index contributed by atoms with van der Waals surface area (Å²) in [5.74, 6) is -0.481. The Balaban J connectivity index is 3.00. The predicted molar refractivity (Wildman–Crippen MR) is 53.7 cm³/mol. The largest absolute Gasteiger partial charge is 0.427 e. The highest BCUT2D eigenvalue weighted by Crippen LogP contribution is 2.29. The van der Waals surface area contributed by atoms with Crippen LogP contribution in [-0.4, -0.2) is 11.5 Å². The number of hydrogen-bond acceptors (Lipinski definition) is 4. The van der Waals surface area contributed by atoms with Gasteiger partial charge in [0.2, 0.25) is 5.75 Å². The molecule has 1 aromatic carbocycles. The first-order chi connectivity index (χ1) is 8.04. The standard InChI is InChI=1S/C10H8F2N2O3/c11-10(12)17-9-4-3-7(2-1-5-13)6-8(9)14(15)16/h3-4,6,10H,1-2H2. The van der Waals surface area contributed by atoms with Gasteiger partial charge in [-0.05, 0) is 18.1 Å². The van der Waals surface area contributed by atoms with E-state index < -0.39 is 23.0 Å². The van der Waals surface area contributed by atoms with E-state index in [0.29, 0.717) is 12.0 Å². The van der Waals surface area contributed by atoms with Gasteiger partial charge in [-0.3, -0.25) is 10.1 Å². The highest BCUT2D eigenvalue weighted by Gasteiger charge is 2.18. The van der Waals surface area contributed by atoms with Crippen molar-refractivity contribution in [1.29, 1.82) is 5.26 Å². The van der Waals surface area contributed by atoms with Crippen LogP contribution in [0.25, 0.3) is 0 Å². The lowest BCUT2D eigenvalue weighted by molar-refractivity contribution is -0.386. The Morgan fingerprint density at radius 3 is 2.76 bits per heavy atom. The molecule has 0 aromatic heterocycles. The highest BCUT2D eigenvalue weighted by atomic mass is 19.3. The number of halogens is 2. The fourth-order valence-corrected chi connectivity index (χ4v) is 1.26. The summed E-state index contributed by atoms with van der Waals surface area (Å²) in [6.45, 7) is -3.11. The number of benzene rings is 1. The van der Waals surface area contributed by atoms with Gasteiger partial charge < -0.3 is 4.74 Å². The first kappa shape index (κ1) is 12.8. The molecule has 0 bridgehead atoms. The molecule has 0 amide bonds. The first-order valence-corrected chi connectivity index (χ1v) is 4.63. The fourth-order valence-electron chi connectivity index (χ4n) is 1.26. The quantitative estimate of drug-likeness (QED) is 0.587. The van der Waals surface area contributed by atoms with E-state index in [0.717, 1.165) is 12.1 Å². The zero-order valence-corrected chi connectivity index (χ0v) is 8.60. The highest BCUT2D eigenvalue weighted by molar-refractivity contribution is 5.48. The maximum Gasteiger partial charge on any atom is 0.387 e. The van der Waals surface area contributed by atoms with Crippen molar-refractivity contribution >= 4 is 5.69 Å². The number of nitrogens with zero attached hydrogens (tertiary/aromatic N) is 2. The van der Waals surface area contributed by atoms with Gasteiger partial charge in [0, 0.05) is 12.5 Å². The molecule has 90 valence electrons. The van der Waals surface area contributed by atoms with Gasteiger partial charge in [0.05, 0.1) is 11.0 Å². The molecule has 0 atom stereocenters. The molecule has 0 saturated heterocycles. The van der Waals surface area contributed by atoms with Gasteiger partial charge in [-0.1, -0.05) is 6.07 Å². The van der Waals surface area contributed by atoms with Gasteiger partial charge in [-0.25, -0.2) is 0 Å². The van der Waals surface area contributed by atoms with Crippen molar-refractivity contribution in [2.45, 2.75) is 19.5 Å². The van der Waals surface area contributed by atoms with E-state index in [4.69, 9.17) is 5.26 Å². The second-order valence-corrected chi connectivity index (χ2v) is 3.10. The predicted octanol–water partition coefficient (Wildman–Crippen LogP) is 2.65. The molecule has 0 aliphatic carbocycles. The number of hydrogen-bond donors (Lipinski definition) is 0. The minimum absolute atomic E-state index is 0.201. The van der Waals surface area contributed by atoms with Crippen LogP contribution in [0.3, 0.4) is 0 Å². The molecule has 1 rings (SSSR count). The SMILES string of the molecule is N#CCCc1ccc(OC(F)F)c([N+](=O)[O-])c1. The van der Waals surface area contributed by atoms with Crippen LogP contribution in [0.5, 0.6) is 5.75 Å². The van der Waals surface area contributed by atoms with Crippen molar-refractivity contribution in [3.8, 4) is 11.8 Å². The smallest absolute Gasteiger partial charge is 0.387 e. The van der Waals surface area contributed by atoms with E-state index in [2.05, 4.69) is 4.74 Å². The van der Waals surface area contributed by atoms with Gasteiger partial charge >= 0.3 is 12.3 Å². The van der Waals surface area contributed by atoms with Crippen molar-refractivity contribution in [2.24, 2.45) is 0 Å². The van der Waals surface area contributed by atoms with Crippen molar-refractivity contribution in [3.63, 3.8) is 0 Å². The van der Waals surface area contributed by atoms with Gasteiger partial charge in [0.25, 0.3) is 0 Å². The lowest BCUT2D eigenvalue weighted by Gasteiger charge is -2.06. The van der Waals surface area contributed by atoms with Crippen LogP contribution in [0.1, 0.15) is 12.0 Å². The Bertz CT molecular complexity index is 457.